The smallest absolute Gasteiger partial charge is 0.0311 e. The molecule has 0 amide bonds. The Kier molecular flexibility index (Phi) is 7.47. The molecule has 0 aromatic rings. The lowest BCUT2D eigenvalue weighted by Gasteiger charge is -1.99. The lowest BCUT2D eigenvalue weighted by Crippen LogP contribution is -1.80. The molecule has 0 saturated heterocycles. The molecule has 79 valence electrons. The maximum Gasteiger partial charge on any atom is -0.0311 e. The van der Waals surface area contributed by atoms with Crippen LogP contribution in [0.25, 0.3) is 0 Å². The maximum atomic E-state index is 2.35. The molecule has 1 radical (unpaired) electrons. The van der Waals surface area contributed by atoms with Gasteiger partial charge in [0.15, 0.2) is 0 Å². The van der Waals surface area contributed by atoms with Crippen molar-refractivity contribution in [3.63, 3.8) is 0 Å². The minimum Gasteiger partial charge on any atom is -0.0885 e. The van der Waals surface area contributed by atoms with Crippen LogP contribution in [0.3, 0.4) is 0 Å². The molecule has 0 atom stereocenters. The van der Waals surface area contributed by atoms with E-state index in [1.54, 1.807) is 0 Å². The fraction of sp³-hybridized carbons (Fsp3) is 0.643. The van der Waals surface area contributed by atoms with E-state index >= 15 is 0 Å². The third kappa shape index (κ3) is 6.94. The molecule has 0 aromatic carbocycles. The van der Waals surface area contributed by atoms with Crippen LogP contribution in [0.2, 0.25) is 0 Å². The molecule has 0 aromatic heterocycles. The molecule has 0 N–H and O–H groups in total. The van der Waals surface area contributed by atoms with Crippen molar-refractivity contribution >= 4 is 0 Å². The molecule has 0 heterocycles. The van der Waals surface area contributed by atoms with Gasteiger partial charge in [0.2, 0.25) is 0 Å². The van der Waals surface area contributed by atoms with Crippen molar-refractivity contribution < 1.29 is 0 Å². The first-order valence-corrected chi connectivity index (χ1v) is 6.12. The Bertz CT molecular complexity index is 147. The predicted octanol–water partition coefficient (Wildman–Crippen LogP) is 4.83. The second-order valence-corrected chi connectivity index (χ2v) is 4.05. The van der Waals surface area contributed by atoms with Crippen molar-refractivity contribution in [2.75, 3.05) is 0 Å². The van der Waals surface area contributed by atoms with Crippen LogP contribution in [0.4, 0.5) is 0 Å². The second-order valence-electron chi connectivity index (χ2n) is 4.05. The van der Waals surface area contributed by atoms with Gasteiger partial charge < -0.3 is 0 Å². The Morgan fingerprint density at radius 1 is 0.500 bits per heavy atom. The Labute approximate surface area is 89.1 Å². The van der Waals surface area contributed by atoms with Gasteiger partial charge in [-0.1, -0.05) is 43.6 Å². The van der Waals surface area contributed by atoms with E-state index in [1.807, 2.05) is 0 Å². The Morgan fingerprint density at radius 3 is 1.57 bits per heavy atom. The average molecular weight is 191 g/mol. The number of hydrogen-bond acceptors (Lipinski definition) is 0. The first-order chi connectivity index (χ1) is 7.00. The van der Waals surface area contributed by atoms with Crippen molar-refractivity contribution in [3.8, 4) is 0 Å². The van der Waals surface area contributed by atoms with Crippen LogP contribution in [0, 0.1) is 6.42 Å². The van der Waals surface area contributed by atoms with Crippen LogP contribution in [-0.2, 0) is 0 Å². The van der Waals surface area contributed by atoms with E-state index < -0.39 is 0 Å². The molecule has 1 aliphatic carbocycles. The lowest BCUT2D eigenvalue weighted by molar-refractivity contribution is 0.621. The van der Waals surface area contributed by atoms with E-state index in [0.29, 0.717) is 0 Å². The maximum absolute atomic E-state index is 2.35. The number of hydrogen-bond donors (Lipinski definition) is 0. The highest BCUT2D eigenvalue weighted by molar-refractivity contribution is 4.92. The van der Waals surface area contributed by atoms with Gasteiger partial charge in [0, 0.05) is 0 Å². The zero-order valence-corrected chi connectivity index (χ0v) is 9.25. The topological polar surface area (TPSA) is 0 Å². The first-order valence-electron chi connectivity index (χ1n) is 6.12. The van der Waals surface area contributed by atoms with E-state index in [1.165, 1.54) is 44.9 Å². The molecular weight excluding hydrogens is 168 g/mol. The Morgan fingerprint density at radius 2 is 1.00 bits per heavy atom. The summed E-state index contributed by atoms with van der Waals surface area (Å²) in [7, 11) is 0. The third-order valence-electron chi connectivity index (χ3n) is 2.68. The summed E-state index contributed by atoms with van der Waals surface area (Å²) < 4.78 is 0. The second kappa shape index (κ2) is 9.05. The minimum atomic E-state index is 1.14. The van der Waals surface area contributed by atoms with Gasteiger partial charge in [-0.3, -0.25) is 0 Å². The molecule has 1 aliphatic rings. The molecule has 0 heteroatoms. The summed E-state index contributed by atoms with van der Waals surface area (Å²) in [6.07, 6.45) is 23.5. The Balaban J connectivity index is 2.16. The van der Waals surface area contributed by atoms with Gasteiger partial charge in [0.1, 0.15) is 0 Å². The predicted molar refractivity (Wildman–Crippen MR) is 64.1 cm³/mol. The molecule has 1 rings (SSSR count). The van der Waals surface area contributed by atoms with Crippen molar-refractivity contribution in [2.45, 2.75) is 57.8 Å². The van der Waals surface area contributed by atoms with Crippen molar-refractivity contribution in [3.05, 3.63) is 30.7 Å². The Hall–Kier alpha value is -0.520. The lowest BCUT2D eigenvalue weighted by atomic mass is 10.1. The van der Waals surface area contributed by atoms with E-state index in [0.717, 1.165) is 12.8 Å². The number of allylic oxidation sites excluding steroid dienone is 4. The van der Waals surface area contributed by atoms with Crippen molar-refractivity contribution in [1.82, 2.24) is 0 Å². The molecule has 0 saturated carbocycles. The van der Waals surface area contributed by atoms with Crippen LogP contribution >= 0.6 is 0 Å². The van der Waals surface area contributed by atoms with E-state index in [9.17, 15) is 0 Å². The molecule has 0 aliphatic heterocycles. The largest absolute Gasteiger partial charge is 0.0885 e. The SMILES string of the molecule is [CH]1C/C=C\CCCCCCC/C=C/C1. The molecule has 14 heavy (non-hydrogen) atoms. The summed E-state index contributed by atoms with van der Waals surface area (Å²) in [5, 5.41) is 0. The summed E-state index contributed by atoms with van der Waals surface area (Å²) >= 11 is 0. The standard InChI is InChI=1S/C14H23/c1-2-4-6-8-10-12-14-13-11-9-7-5-3-1/h1-2,5,9,11H,3-4,6-8,10,12-14H2/b2-1-,11-9+. The molecule has 0 bridgehead atoms. The fourth-order valence-corrected chi connectivity index (χ4v) is 1.77. The van der Waals surface area contributed by atoms with Crippen molar-refractivity contribution in [1.29, 1.82) is 0 Å². The van der Waals surface area contributed by atoms with Crippen LogP contribution in [0.15, 0.2) is 24.3 Å². The summed E-state index contributed by atoms with van der Waals surface area (Å²) in [6.45, 7) is 0. The summed E-state index contributed by atoms with van der Waals surface area (Å²) in [5.74, 6) is 0. The summed E-state index contributed by atoms with van der Waals surface area (Å²) in [4.78, 5) is 0. The van der Waals surface area contributed by atoms with Gasteiger partial charge in [-0.15, -0.1) is 0 Å². The highest BCUT2D eigenvalue weighted by atomic mass is 14.0. The molecule has 0 unspecified atom stereocenters. The monoisotopic (exact) mass is 191 g/mol. The minimum absolute atomic E-state index is 1.14. The van der Waals surface area contributed by atoms with Crippen LogP contribution in [0.1, 0.15) is 57.8 Å². The number of rotatable bonds is 0. The van der Waals surface area contributed by atoms with Crippen LogP contribution in [0.5, 0.6) is 0 Å². The summed E-state index contributed by atoms with van der Waals surface area (Å²) in [6, 6.07) is 0. The van der Waals surface area contributed by atoms with Crippen LogP contribution in [-0.4, -0.2) is 0 Å². The molecular formula is C14H23. The van der Waals surface area contributed by atoms with E-state index in [4.69, 9.17) is 0 Å². The third-order valence-corrected chi connectivity index (χ3v) is 2.68. The van der Waals surface area contributed by atoms with Crippen molar-refractivity contribution in [2.24, 2.45) is 0 Å². The highest BCUT2D eigenvalue weighted by Gasteiger charge is 1.90. The molecule has 0 spiro atoms. The zero-order valence-electron chi connectivity index (χ0n) is 9.25. The van der Waals surface area contributed by atoms with E-state index in [2.05, 4.69) is 30.7 Å². The van der Waals surface area contributed by atoms with Gasteiger partial charge in [-0.25, -0.2) is 0 Å². The highest BCUT2D eigenvalue weighted by Crippen LogP contribution is 2.09. The quantitative estimate of drug-likeness (QED) is 0.481. The van der Waals surface area contributed by atoms with Gasteiger partial charge in [0.05, 0.1) is 0 Å². The van der Waals surface area contributed by atoms with Crippen LogP contribution < -0.4 is 0 Å². The zero-order chi connectivity index (χ0) is 9.90. The molecule has 0 nitrogen and oxygen atoms in total. The van der Waals surface area contributed by atoms with Gasteiger partial charge in [-0.05, 0) is 44.9 Å². The molecule has 0 fully saturated rings. The normalized spacial score (nSPS) is 26.3. The van der Waals surface area contributed by atoms with Gasteiger partial charge >= 0.3 is 0 Å². The fourth-order valence-electron chi connectivity index (χ4n) is 1.77. The summed E-state index contributed by atoms with van der Waals surface area (Å²) in [5.41, 5.74) is 0. The van der Waals surface area contributed by atoms with Gasteiger partial charge in [0.25, 0.3) is 0 Å². The first kappa shape index (κ1) is 11.6. The average Bonchev–Trinajstić information content (AvgIpc) is 2.22. The van der Waals surface area contributed by atoms with E-state index in [-0.39, 0.29) is 0 Å². The van der Waals surface area contributed by atoms with Gasteiger partial charge in [-0.2, -0.15) is 0 Å².